The van der Waals surface area contributed by atoms with Gasteiger partial charge in [0.25, 0.3) is 0 Å². The lowest BCUT2D eigenvalue weighted by molar-refractivity contribution is -0.151. The fraction of sp³-hybridized carbons (Fsp3) is 0.531. The van der Waals surface area contributed by atoms with Crippen molar-refractivity contribution in [3.8, 4) is 11.1 Å². The Morgan fingerprint density at radius 3 is 2.17 bits per heavy atom. The Kier molecular flexibility index (Phi) is 21.0. The molecule has 5 aliphatic rings. The number of carbonyl (C=O) groups is 6. The smallest absolute Gasteiger partial charge is 0.407 e. The van der Waals surface area contributed by atoms with Crippen molar-refractivity contribution in [2.45, 2.75) is 191 Å². The standard InChI is InChI=1S/C64H83N5O13/c1-37(2)59(69-63(77)78-35-51-49-17-11-9-15-47(49)48-16-10-12-18-50(48)51)62(76)65-41(6)61(75)68-52-19-13-8-14-43(52)23-31-58(73)82-45-26-24-44(25-27-45)66-57(72)33-46-34-64(36-79-64)60(74)55(81-46)29-21-38(3)20-28-54-39(4)32-53(42(7)80-54)67-56(71)30-22-40(5)70/h8-22,29-30,37,39-42,44-46,51,53-55,59-60,70,74H,23-28,31-36H2,1-7H3,(H,65,76)(H,66,72)(H,67,71)(H,68,75)(H,69,77)/b29-21+,30-22-,38-20+/t39-,40-,41-,42+,44?,45?,46+,53+,54-,55+,59-,60+,64+/m0/s1. The van der Waals surface area contributed by atoms with Crippen LogP contribution in [0.3, 0.4) is 0 Å². The molecule has 0 bridgehead atoms. The van der Waals surface area contributed by atoms with Crippen LogP contribution >= 0.6 is 0 Å². The number of hydrogen-bond donors (Lipinski definition) is 7. The van der Waals surface area contributed by atoms with Gasteiger partial charge in [-0.25, -0.2) is 4.79 Å². The molecule has 1 spiro atoms. The van der Waals surface area contributed by atoms with Gasteiger partial charge in [0, 0.05) is 36.6 Å². The molecular formula is C64H83N5O13. The van der Waals surface area contributed by atoms with Crippen LogP contribution in [0.15, 0.2) is 109 Å². The van der Waals surface area contributed by atoms with E-state index in [2.05, 4.69) is 51.7 Å². The molecular weight excluding hydrogens is 1050 g/mol. The van der Waals surface area contributed by atoms with Crippen molar-refractivity contribution in [3.63, 3.8) is 0 Å². The predicted molar refractivity (Wildman–Crippen MR) is 309 cm³/mol. The molecule has 3 aromatic rings. The van der Waals surface area contributed by atoms with Gasteiger partial charge in [0.15, 0.2) is 0 Å². The fourth-order valence-corrected chi connectivity index (χ4v) is 11.7. The second kappa shape index (κ2) is 28.0. The van der Waals surface area contributed by atoms with Crippen molar-refractivity contribution >= 4 is 41.4 Å². The van der Waals surface area contributed by atoms with Crippen LogP contribution in [0, 0.1) is 11.8 Å². The lowest BCUT2D eigenvalue weighted by atomic mass is 9.87. The minimum Gasteiger partial charge on any atom is -0.462 e. The number of carbonyl (C=O) groups excluding carboxylic acids is 6. The Morgan fingerprint density at radius 1 is 0.829 bits per heavy atom. The minimum absolute atomic E-state index is 0.0411. The molecule has 0 radical (unpaired) electrons. The number of epoxide rings is 1. The van der Waals surface area contributed by atoms with E-state index in [1.54, 1.807) is 39.8 Å². The second-order valence-corrected chi connectivity index (χ2v) is 23.4. The molecule has 11 atom stereocenters. The number of para-hydroxylation sites is 1. The first-order valence-corrected chi connectivity index (χ1v) is 29.2. The van der Waals surface area contributed by atoms with Crippen LogP contribution in [-0.4, -0.2) is 132 Å². The van der Waals surface area contributed by atoms with E-state index in [0.717, 1.165) is 34.2 Å². The number of alkyl carbamates (subject to hydrolysis) is 1. The third-order valence-electron chi connectivity index (χ3n) is 16.5. The average Bonchev–Trinajstić information content (AvgIpc) is 3.00. The normalized spacial score (nSPS) is 27.2. The molecule has 0 unspecified atom stereocenters. The highest BCUT2D eigenvalue weighted by Gasteiger charge is 2.58. The molecule has 2 aliphatic carbocycles. The zero-order valence-electron chi connectivity index (χ0n) is 48.3. The Labute approximate surface area is 481 Å². The highest BCUT2D eigenvalue weighted by molar-refractivity contribution is 5.98. The first-order chi connectivity index (χ1) is 39.2. The molecule has 1 saturated carbocycles. The fourth-order valence-electron chi connectivity index (χ4n) is 11.7. The molecule has 82 heavy (non-hydrogen) atoms. The van der Waals surface area contributed by atoms with Crippen LogP contribution in [0.1, 0.15) is 129 Å². The first-order valence-electron chi connectivity index (χ1n) is 29.2. The number of amides is 5. The Morgan fingerprint density at radius 2 is 1.50 bits per heavy atom. The molecule has 3 aliphatic heterocycles. The average molecular weight is 1130 g/mol. The molecule has 442 valence electrons. The van der Waals surface area contributed by atoms with E-state index in [9.17, 15) is 39.0 Å². The summed E-state index contributed by atoms with van der Waals surface area (Å²) in [5.74, 6) is -2.08. The van der Waals surface area contributed by atoms with Crippen LogP contribution in [-0.2, 0) is 54.1 Å². The molecule has 3 aromatic carbocycles. The lowest BCUT2D eigenvalue weighted by Gasteiger charge is -2.39. The van der Waals surface area contributed by atoms with Gasteiger partial charge in [-0.05, 0) is 118 Å². The monoisotopic (exact) mass is 1130 g/mol. The van der Waals surface area contributed by atoms with E-state index in [4.69, 9.17) is 23.7 Å². The Hall–Kier alpha value is -6.70. The van der Waals surface area contributed by atoms with Gasteiger partial charge in [-0.2, -0.15) is 0 Å². The van der Waals surface area contributed by atoms with Gasteiger partial charge in [-0.15, -0.1) is 0 Å². The minimum atomic E-state index is -0.972. The largest absolute Gasteiger partial charge is 0.462 e. The zero-order chi connectivity index (χ0) is 58.7. The molecule has 8 rings (SSSR count). The van der Waals surface area contributed by atoms with E-state index < -0.39 is 60.0 Å². The van der Waals surface area contributed by atoms with E-state index in [0.29, 0.717) is 62.8 Å². The van der Waals surface area contributed by atoms with E-state index in [-0.39, 0.29) is 85.4 Å². The summed E-state index contributed by atoms with van der Waals surface area (Å²) >= 11 is 0. The molecule has 0 aromatic heterocycles. The maximum atomic E-state index is 13.5. The van der Waals surface area contributed by atoms with Crippen molar-refractivity contribution < 1.29 is 62.7 Å². The summed E-state index contributed by atoms with van der Waals surface area (Å²) in [6, 6.07) is 21.0. The number of anilines is 1. The molecule has 18 nitrogen and oxygen atoms in total. The van der Waals surface area contributed by atoms with Crippen molar-refractivity contribution in [2.75, 3.05) is 18.5 Å². The maximum Gasteiger partial charge on any atom is 0.407 e. The second-order valence-electron chi connectivity index (χ2n) is 23.4. The Bertz CT molecular complexity index is 2790. The molecule has 5 amide bonds. The van der Waals surface area contributed by atoms with Crippen molar-refractivity contribution in [1.82, 2.24) is 21.3 Å². The summed E-state index contributed by atoms with van der Waals surface area (Å²) in [7, 11) is 0. The number of aryl methyl sites for hydroxylation is 1. The van der Waals surface area contributed by atoms with Crippen molar-refractivity contribution in [2.24, 2.45) is 11.8 Å². The van der Waals surface area contributed by atoms with Gasteiger partial charge in [0.1, 0.15) is 42.6 Å². The van der Waals surface area contributed by atoms with Crippen molar-refractivity contribution in [3.05, 3.63) is 125 Å². The summed E-state index contributed by atoms with van der Waals surface area (Å²) in [6.45, 7) is 13.3. The number of aliphatic hydroxyl groups excluding tert-OH is 2. The third-order valence-corrected chi connectivity index (χ3v) is 16.5. The van der Waals surface area contributed by atoms with E-state index in [1.165, 1.54) is 12.2 Å². The van der Waals surface area contributed by atoms with E-state index in [1.807, 2.05) is 74.5 Å². The van der Waals surface area contributed by atoms with Gasteiger partial charge in [0.05, 0.1) is 43.5 Å². The number of allylic oxidation sites excluding steroid dienone is 2. The number of ether oxygens (including phenoxy) is 5. The topological polar surface area (TPSA) is 252 Å². The molecule has 7 N–H and O–H groups in total. The number of fused-ring (bicyclic) bond motifs is 3. The van der Waals surface area contributed by atoms with Gasteiger partial charge in [-0.1, -0.05) is 117 Å². The number of rotatable bonds is 22. The lowest BCUT2D eigenvalue weighted by Crippen LogP contribution is -2.53. The van der Waals surface area contributed by atoms with Crippen LogP contribution in [0.2, 0.25) is 0 Å². The van der Waals surface area contributed by atoms with Crippen LogP contribution in [0.4, 0.5) is 10.5 Å². The SMILES string of the molecule is CC(/C=C/[C@H]1O[C@H](CC(=O)NC2CCC(OC(=O)CCc3ccccc3NC(=O)[C@H](C)NC(=O)[C@@H](NC(=O)OCC3c4ccccc4-c4ccccc43)C(C)C)CC2)C[C@@]2(CO2)[C@@H]1O)=C\C[C@@H]1O[C@H](C)[C@H](NC(=O)/C=C\[C@H](C)O)C[C@@H]1C. The predicted octanol–water partition coefficient (Wildman–Crippen LogP) is 7.40. The number of nitrogens with one attached hydrogen (secondary N) is 5. The number of benzene rings is 3. The molecule has 3 saturated heterocycles. The zero-order valence-corrected chi connectivity index (χ0v) is 48.3. The van der Waals surface area contributed by atoms with Crippen molar-refractivity contribution in [1.29, 1.82) is 0 Å². The van der Waals surface area contributed by atoms with Crippen LogP contribution in [0.5, 0.6) is 0 Å². The number of hydrogen-bond acceptors (Lipinski definition) is 13. The maximum absolute atomic E-state index is 13.5. The van der Waals surface area contributed by atoms with Gasteiger partial charge in [0.2, 0.25) is 23.6 Å². The quantitative estimate of drug-likeness (QED) is 0.0224. The third kappa shape index (κ3) is 16.3. The molecule has 3 heterocycles. The van der Waals surface area contributed by atoms with E-state index >= 15 is 0 Å². The molecule has 18 heteroatoms. The highest BCUT2D eigenvalue weighted by atomic mass is 16.6. The van der Waals surface area contributed by atoms with Crippen LogP contribution < -0.4 is 26.6 Å². The van der Waals surface area contributed by atoms with Gasteiger partial charge in [-0.3, -0.25) is 24.0 Å². The molecule has 4 fully saturated rings. The first kappa shape index (κ1) is 61.4. The summed E-state index contributed by atoms with van der Waals surface area (Å²) in [5.41, 5.74) is 5.78. The number of aliphatic hydroxyl groups is 2. The van der Waals surface area contributed by atoms with Crippen LogP contribution in [0.25, 0.3) is 11.1 Å². The summed E-state index contributed by atoms with van der Waals surface area (Å²) < 4.78 is 30.0. The summed E-state index contributed by atoms with van der Waals surface area (Å²) in [6.07, 6.45) is 9.38. The van der Waals surface area contributed by atoms with Gasteiger partial charge < -0.3 is 60.5 Å². The summed E-state index contributed by atoms with van der Waals surface area (Å²) in [4.78, 5) is 79.1. The number of esters is 1. The summed E-state index contributed by atoms with van der Waals surface area (Å²) in [5, 5.41) is 35.2. The highest BCUT2D eigenvalue weighted by Crippen LogP contribution is 2.45. The Balaban J connectivity index is 0.726. The van der Waals surface area contributed by atoms with Gasteiger partial charge >= 0.3 is 12.1 Å².